The molecule has 2 aromatic heterocycles. The third-order valence-electron chi connectivity index (χ3n) is 3.92. The summed E-state index contributed by atoms with van der Waals surface area (Å²) in [6, 6.07) is 6.01. The number of rotatable bonds is 7. The predicted octanol–water partition coefficient (Wildman–Crippen LogP) is 1.70. The maximum absolute atomic E-state index is 9.00. The van der Waals surface area contributed by atoms with Gasteiger partial charge in [0.2, 0.25) is 5.95 Å². The summed E-state index contributed by atoms with van der Waals surface area (Å²) in [7, 11) is 0. The van der Waals surface area contributed by atoms with Crippen molar-refractivity contribution in [2.45, 2.75) is 25.8 Å². The highest BCUT2D eigenvalue weighted by molar-refractivity contribution is 5.44. The fourth-order valence-corrected chi connectivity index (χ4v) is 2.69. The molecule has 1 saturated heterocycles. The van der Waals surface area contributed by atoms with Gasteiger partial charge in [0.25, 0.3) is 0 Å². The number of aliphatic hydroxyl groups is 1. The molecule has 0 bridgehead atoms. The number of nitrogens with one attached hydrogen (secondary N) is 2. The molecule has 0 amide bonds. The second-order valence-corrected chi connectivity index (χ2v) is 5.87. The Hall–Kier alpha value is -2.25. The van der Waals surface area contributed by atoms with Crippen LogP contribution in [-0.2, 0) is 11.3 Å². The van der Waals surface area contributed by atoms with Gasteiger partial charge in [-0.3, -0.25) is 4.98 Å². The monoisotopic (exact) mass is 329 g/mol. The molecule has 1 atom stereocenters. The van der Waals surface area contributed by atoms with Crippen molar-refractivity contribution in [1.29, 1.82) is 0 Å². The summed E-state index contributed by atoms with van der Waals surface area (Å²) >= 11 is 0. The van der Waals surface area contributed by atoms with Crippen molar-refractivity contribution in [2.75, 3.05) is 37.0 Å². The van der Waals surface area contributed by atoms with Gasteiger partial charge < -0.3 is 20.5 Å². The summed E-state index contributed by atoms with van der Waals surface area (Å²) in [5.74, 6) is 1.59. The van der Waals surface area contributed by atoms with Gasteiger partial charge in [-0.2, -0.15) is 4.98 Å². The summed E-state index contributed by atoms with van der Waals surface area (Å²) in [5.41, 5.74) is 3.11. The molecule has 3 rings (SSSR count). The molecule has 1 aliphatic rings. The quantitative estimate of drug-likeness (QED) is 0.712. The second kappa shape index (κ2) is 8.03. The van der Waals surface area contributed by atoms with E-state index in [-0.39, 0.29) is 6.61 Å². The Bertz CT molecular complexity index is 674. The molecular formula is C17H23N5O2. The number of aliphatic hydroxyl groups excluding tert-OH is 1. The molecular weight excluding hydrogens is 306 g/mol. The molecule has 0 radical (unpaired) electrons. The molecule has 128 valence electrons. The number of anilines is 2. The van der Waals surface area contributed by atoms with E-state index in [2.05, 4.69) is 25.6 Å². The molecule has 3 N–H and O–H groups in total. The van der Waals surface area contributed by atoms with Crippen molar-refractivity contribution in [3.63, 3.8) is 0 Å². The first-order chi connectivity index (χ1) is 11.7. The molecule has 0 aromatic carbocycles. The molecule has 0 aliphatic carbocycles. The highest BCUT2D eigenvalue weighted by Gasteiger charge is 2.20. The first-order valence-corrected chi connectivity index (χ1v) is 8.21. The first kappa shape index (κ1) is 16.6. The van der Waals surface area contributed by atoms with Crippen LogP contribution in [0.25, 0.3) is 0 Å². The van der Waals surface area contributed by atoms with Crippen LogP contribution in [0.4, 0.5) is 11.8 Å². The number of aromatic nitrogens is 3. The van der Waals surface area contributed by atoms with Gasteiger partial charge in [-0.15, -0.1) is 0 Å². The van der Waals surface area contributed by atoms with Crippen molar-refractivity contribution in [3.05, 3.63) is 41.3 Å². The van der Waals surface area contributed by atoms with Gasteiger partial charge in [0, 0.05) is 43.6 Å². The smallest absolute Gasteiger partial charge is 0.224 e. The van der Waals surface area contributed by atoms with Crippen LogP contribution in [0.2, 0.25) is 0 Å². The summed E-state index contributed by atoms with van der Waals surface area (Å²) in [5, 5.41) is 15.4. The van der Waals surface area contributed by atoms with Crippen molar-refractivity contribution < 1.29 is 9.84 Å². The number of hydrogen-bond donors (Lipinski definition) is 3. The van der Waals surface area contributed by atoms with Crippen molar-refractivity contribution in [3.8, 4) is 0 Å². The topological polar surface area (TPSA) is 92.2 Å². The fourth-order valence-electron chi connectivity index (χ4n) is 2.69. The van der Waals surface area contributed by atoms with E-state index in [1.54, 1.807) is 0 Å². The van der Waals surface area contributed by atoms with Crippen molar-refractivity contribution in [2.24, 2.45) is 0 Å². The number of pyridine rings is 1. The lowest BCUT2D eigenvalue weighted by Crippen LogP contribution is -2.13. The standard InChI is InChI=1S/C17H23N5O2/c1-12-8-13(2-4-18-12)10-20-16-9-15(14-3-7-24-11-14)21-17(22-16)19-5-6-23/h2,4,8-9,14,23H,3,5-7,10-11H2,1H3,(H2,19,20,21,22). The maximum atomic E-state index is 9.00. The minimum Gasteiger partial charge on any atom is -0.395 e. The molecule has 0 spiro atoms. The van der Waals surface area contributed by atoms with E-state index in [0.29, 0.717) is 31.6 Å². The molecule has 1 unspecified atom stereocenters. The third kappa shape index (κ3) is 4.39. The number of aryl methyl sites for hydroxylation is 1. The molecule has 24 heavy (non-hydrogen) atoms. The highest BCUT2D eigenvalue weighted by Crippen LogP contribution is 2.26. The van der Waals surface area contributed by atoms with E-state index < -0.39 is 0 Å². The van der Waals surface area contributed by atoms with Crippen LogP contribution in [0.1, 0.15) is 29.3 Å². The molecule has 7 nitrogen and oxygen atoms in total. The number of ether oxygens (including phenoxy) is 1. The van der Waals surface area contributed by atoms with E-state index in [4.69, 9.17) is 9.84 Å². The van der Waals surface area contributed by atoms with Gasteiger partial charge in [-0.05, 0) is 31.0 Å². The Labute approximate surface area is 141 Å². The van der Waals surface area contributed by atoms with Gasteiger partial charge in [-0.25, -0.2) is 4.98 Å². The van der Waals surface area contributed by atoms with Crippen LogP contribution in [0.3, 0.4) is 0 Å². The predicted molar refractivity (Wildman–Crippen MR) is 92.1 cm³/mol. The lowest BCUT2D eigenvalue weighted by Gasteiger charge is -2.13. The third-order valence-corrected chi connectivity index (χ3v) is 3.92. The van der Waals surface area contributed by atoms with E-state index in [0.717, 1.165) is 35.8 Å². The molecule has 2 aromatic rings. The highest BCUT2D eigenvalue weighted by atomic mass is 16.5. The molecule has 0 saturated carbocycles. The van der Waals surface area contributed by atoms with Gasteiger partial charge in [0.15, 0.2) is 0 Å². The van der Waals surface area contributed by atoms with Crippen LogP contribution >= 0.6 is 0 Å². The van der Waals surface area contributed by atoms with Gasteiger partial charge in [-0.1, -0.05) is 0 Å². The van der Waals surface area contributed by atoms with Crippen LogP contribution in [0.15, 0.2) is 24.4 Å². The Morgan fingerprint density at radius 2 is 2.21 bits per heavy atom. The Morgan fingerprint density at radius 3 is 2.96 bits per heavy atom. The lowest BCUT2D eigenvalue weighted by molar-refractivity contribution is 0.193. The largest absolute Gasteiger partial charge is 0.395 e. The van der Waals surface area contributed by atoms with Crippen LogP contribution in [0.5, 0.6) is 0 Å². The molecule has 1 aliphatic heterocycles. The molecule has 1 fully saturated rings. The van der Waals surface area contributed by atoms with Crippen molar-refractivity contribution in [1.82, 2.24) is 15.0 Å². The SMILES string of the molecule is Cc1cc(CNc2cc(C3CCOC3)nc(NCCO)n2)ccn1. The average molecular weight is 329 g/mol. The molecule has 3 heterocycles. The first-order valence-electron chi connectivity index (χ1n) is 8.21. The number of hydrogen-bond acceptors (Lipinski definition) is 7. The minimum absolute atomic E-state index is 0.0409. The minimum atomic E-state index is 0.0409. The Kier molecular flexibility index (Phi) is 5.55. The van der Waals surface area contributed by atoms with Gasteiger partial charge in [0.1, 0.15) is 5.82 Å². The zero-order valence-electron chi connectivity index (χ0n) is 13.8. The maximum Gasteiger partial charge on any atom is 0.224 e. The second-order valence-electron chi connectivity index (χ2n) is 5.87. The zero-order chi connectivity index (χ0) is 16.8. The van der Waals surface area contributed by atoms with Crippen LogP contribution in [0, 0.1) is 6.92 Å². The van der Waals surface area contributed by atoms with E-state index in [1.165, 1.54) is 0 Å². The summed E-state index contributed by atoms with van der Waals surface area (Å²) < 4.78 is 5.47. The Balaban J connectivity index is 1.75. The average Bonchev–Trinajstić information content (AvgIpc) is 3.13. The van der Waals surface area contributed by atoms with Gasteiger partial charge in [0.05, 0.1) is 18.9 Å². The van der Waals surface area contributed by atoms with E-state index in [9.17, 15) is 0 Å². The Morgan fingerprint density at radius 1 is 1.29 bits per heavy atom. The summed E-state index contributed by atoms with van der Waals surface area (Å²) in [6.07, 6.45) is 2.78. The summed E-state index contributed by atoms with van der Waals surface area (Å²) in [6.45, 7) is 4.57. The number of nitrogens with zero attached hydrogens (tertiary/aromatic N) is 3. The zero-order valence-corrected chi connectivity index (χ0v) is 13.8. The lowest BCUT2D eigenvalue weighted by atomic mass is 10.0. The van der Waals surface area contributed by atoms with E-state index in [1.807, 2.05) is 31.3 Å². The van der Waals surface area contributed by atoms with Crippen LogP contribution in [-0.4, -0.2) is 46.4 Å². The van der Waals surface area contributed by atoms with Gasteiger partial charge >= 0.3 is 0 Å². The molecule has 7 heteroatoms. The van der Waals surface area contributed by atoms with Crippen molar-refractivity contribution >= 4 is 11.8 Å². The fraction of sp³-hybridized carbons (Fsp3) is 0.471. The summed E-state index contributed by atoms with van der Waals surface area (Å²) in [4.78, 5) is 13.2. The van der Waals surface area contributed by atoms with E-state index >= 15 is 0 Å². The normalized spacial score (nSPS) is 17.0. The van der Waals surface area contributed by atoms with Crippen LogP contribution < -0.4 is 10.6 Å².